The van der Waals surface area contributed by atoms with Gasteiger partial charge in [-0.15, -0.1) is 0 Å². The van der Waals surface area contributed by atoms with Crippen LogP contribution in [0.4, 0.5) is 4.79 Å². The van der Waals surface area contributed by atoms with Gasteiger partial charge in [0.15, 0.2) is 0 Å². The lowest BCUT2D eigenvalue weighted by Gasteiger charge is -2.25. The Hall–Kier alpha value is -1.51. The molecule has 0 bridgehead atoms. The van der Waals surface area contributed by atoms with Crippen molar-refractivity contribution < 1.29 is 4.79 Å². The highest BCUT2D eigenvalue weighted by molar-refractivity contribution is 5.75. The van der Waals surface area contributed by atoms with E-state index in [0.717, 1.165) is 32.4 Å². The molecule has 0 aliphatic carbocycles. The maximum atomic E-state index is 12.3. The molecule has 1 unspecified atom stereocenters. The lowest BCUT2D eigenvalue weighted by atomic mass is 10.0. The highest BCUT2D eigenvalue weighted by atomic mass is 16.2. The summed E-state index contributed by atoms with van der Waals surface area (Å²) in [4.78, 5) is 14.3. The van der Waals surface area contributed by atoms with E-state index in [9.17, 15) is 4.79 Å². The maximum absolute atomic E-state index is 12.3. The molecule has 0 aromatic heterocycles. The van der Waals surface area contributed by atoms with Crippen LogP contribution in [0.1, 0.15) is 50.3 Å². The van der Waals surface area contributed by atoms with Gasteiger partial charge in [-0.3, -0.25) is 0 Å². The van der Waals surface area contributed by atoms with Crippen molar-refractivity contribution in [1.82, 2.24) is 10.2 Å². The van der Waals surface area contributed by atoms with Crippen LogP contribution in [-0.4, -0.2) is 24.0 Å². The van der Waals surface area contributed by atoms with E-state index in [4.69, 9.17) is 0 Å². The Morgan fingerprint density at radius 1 is 1.45 bits per heavy atom. The third kappa shape index (κ3) is 3.75. The Morgan fingerprint density at radius 3 is 2.95 bits per heavy atom. The lowest BCUT2D eigenvalue weighted by molar-refractivity contribution is 0.192. The Kier molecular flexibility index (Phi) is 5.05. The van der Waals surface area contributed by atoms with E-state index in [2.05, 4.69) is 50.4 Å². The van der Waals surface area contributed by atoms with Gasteiger partial charge in [0, 0.05) is 13.1 Å². The molecule has 2 rings (SSSR count). The second-order valence-electron chi connectivity index (χ2n) is 6.18. The molecular formula is C17H26N2O. The molecular weight excluding hydrogens is 248 g/mol. The number of nitrogens with zero attached hydrogens (tertiary/aromatic N) is 1. The van der Waals surface area contributed by atoms with Crippen LogP contribution in [0.2, 0.25) is 0 Å². The average molecular weight is 274 g/mol. The van der Waals surface area contributed by atoms with Gasteiger partial charge in [0.1, 0.15) is 0 Å². The Morgan fingerprint density at radius 2 is 2.25 bits per heavy atom. The smallest absolute Gasteiger partial charge is 0.317 e. The molecule has 1 saturated heterocycles. The van der Waals surface area contributed by atoms with E-state index < -0.39 is 0 Å². The van der Waals surface area contributed by atoms with Crippen LogP contribution in [0.5, 0.6) is 0 Å². The van der Waals surface area contributed by atoms with Gasteiger partial charge in [-0.2, -0.15) is 0 Å². The van der Waals surface area contributed by atoms with Crippen molar-refractivity contribution in [3.05, 3.63) is 35.4 Å². The molecule has 1 aliphatic heterocycles. The molecule has 1 aromatic carbocycles. The van der Waals surface area contributed by atoms with Gasteiger partial charge in [0.25, 0.3) is 0 Å². The van der Waals surface area contributed by atoms with Crippen LogP contribution in [-0.2, 0) is 0 Å². The molecule has 3 heteroatoms. The SMILES string of the molecule is Cc1cccc(C2CCCN2C(=O)NCCC(C)C)c1. The van der Waals surface area contributed by atoms with E-state index in [-0.39, 0.29) is 12.1 Å². The fraction of sp³-hybridized carbons (Fsp3) is 0.588. The number of likely N-dealkylation sites (tertiary alicyclic amines) is 1. The highest BCUT2D eigenvalue weighted by Crippen LogP contribution is 2.32. The molecule has 1 aromatic rings. The molecule has 1 aliphatic rings. The first-order valence-corrected chi connectivity index (χ1v) is 7.69. The third-order valence-corrected chi connectivity index (χ3v) is 3.94. The van der Waals surface area contributed by atoms with Crippen LogP contribution in [0.25, 0.3) is 0 Å². The van der Waals surface area contributed by atoms with E-state index in [1.54, 1.807) is 0 Å². The monoisotopic (exact) mass is 274 g/mol. The quantitative estimate of drug-likeness (QED) is 0.887. The summed E-state index contributed by atoms with van der Waals surface area (Å²) in [5.74, 6) is 0.626. The van der Waals surface area contributed by atoms with Gasteiger partial charge in [0.2, 0.25) is 0 Å². The molecule has 1 atom stereocenters. The highest BCUT2D eigenvalue weighted by Gasteiger charge is 2.29. The number of urea groups is 1. The van der Waals surface area contributed by atoms with Crippen molar-refractivity contribution in [2.45, 2.75) is 46.1 Å². The summed E-state index contributed by atoms with van der Waals surface area (Å²) in [6, 6.07) is 8.86. The summed E-state index contributed by atoms with van der Waals surface area (Å²) in [6.07, 6.45) is 3.20. The average Bonchev–Trinajstić information content (AvgIpc) is 2.87. The molecule has 0 spiro atoms. The topological polar surface area (TPSA) is 32.3 Å². The largest absolute Gasteiger partial charge is 0.338 e. The summed E-state index contributed by atoms with van der Waals surface area (Å²) in [6.45, 7) is 8.10. The summed E-state index contributed by atoms with van der Waals surface area (Å²) in [7, 11) is 0. The lowest BCUT2D eigenvalue weighted by Crippen LogP contribution is -2.40. The van der Waals surface area contributed by atoms with Gasteiger partial charge in [-0.25, -0.2) is 4.79 Å². The second kappa shape index (κ2) is 6.78. The summed E-state index contributed by atoms with van der Waals surface area (Å²) >= 11 is 0. The zero-order valence-corrected chi connectivity index (χ0v) is 12.9. The number of aryl methyl sites for hydroxylation is 1. The van der Waals surface area contributed by atoms with Gasteiger partial charge in [0.05, 0.1) is 6.04 Å². The minimum absolute atomic E-state index is 0.0923. The predicted molar refractivity (Wildman–Crippen MR) is 82.7 cm³/mol. The number of hydrogen-bond acceptors (Lipinski definition) is 1. The van der Waals surface area contributed by atoms with Gasteiger partial charge < -0.3 is 10.2 Å². The molecule has 1 heterocycles. The maximum Gasteiger partial charge on any atom is 0.317 e. The zero-order chi connectivity index (χ0) is 14.5. The third-order valence-electron chi connectivity index (χ3n) is 3.94. The standard InChI is InChI=1S/C17H26N2O/c1-13(2)9-10-18-17(20)19-11-5-8-16(19)15-7-4-6-14(3)12-15/h4,6-7,12-13,16H,5,8-11H2,1-3H3,(H,18,20). The van der Waals surface area contributed by atoms with Crippen molar-refractivity contribution in [2.75, 3.05) is 13.1 Å². The molecule has 1 fully saturated rings. The van der Waals surface area contributed by atoms with E-state index in [1.807, 2.05) is 4.90 Å². The fourth-order valence-electron chi connectivity index (χ4n) is 2.80. The number of carbonyl (C=O) groups is 1. The van der Waals surface area contributed by atoms with Gasteiger partial charge >= 0.3 is 6.03 Å². The molecule has 2 amide bonds. The Balaban J connectivity index is 1.98. The number of hydrogen-bond donors (Lipinski definition) is 1. The zero-order valence-electron chi connectivity index (χ0n) is 12.9. The van der Waals surface area contributed by atoms with Crippen molar-refractivity contribution in [3.8, 4) is 0 Å². The first kappa shape index (κ1) is 14.9. The van der Waals surface area contributed by atoms with Crippen LogP contribution in [0.15, 0.2) is 24.3 Å². The van der Waals surface area contributed by atoms with Crippen LogP contribution in [0.3, 0.4) is 0 Å². The summed E-state index contributed by atoms with van der Waals surface area (Å²) in [5.41, 5.74) is 2.52. The normalized spacial score (nSPS) is 18.6. The molecule has 0 saturated carbocycles. The van der Waals surface area contributed by atoms with Crippen molar-refractivity contribution >= 4 is 6.03 Å². The van der Waals surface area contributed by atoms with E-state index in [1.165, 1.54) is 11.1 Å². The number of nitrogens with one attached hydrogen (secondary N) is 1. The van der Waals surface area contributed by atoms with E-state index in [0.29, 0.717) is 5.92 Å². The van der Waals surface area contributed by atoms with Crippen molar-refractivity contribution in [3.63, 3.8) is 0 Å². The first-order valence-electron chi connectivity index (χ1n) is 7.69. The minimum atomic E-state index is 0.0923. The number of benzene rings is 1. The van der Waals surface area contributed by atoms with Gasteiger partial charge in [-0.05, 0) is 37.7 Å². The van der Waals surface area contributed by atoms with E-state index >= 15 is 0 Å². The fourth-order valence-corrected chi connectivity index (χ4v) is 2.80. The molecule has 3 nitrogen and oxygen atoms in total. The molecule has 110 valence electrons. The minimum Gasteiger partial charge on any atom is -0.338 e. The summed E-state index contributed by atoms with van der Waals surface area (Å²) < 4.78 is 0. The van der Waals surface area contributed by atoms with Crippen LogP contribution in [0, 0.1) is 12.8 Å². The number of rotatable bonds is 4. The number of amides is 2. The van der Waals surface area contributed by atoms with Crippen molar-refractivity contribution in [1.29, 1.82) is 0 Å². The second-order valence-corrected chi connectivity index (χ2v) is 6.18. The molecule has 1 N–H and O–H groups in total. The van der Waals surface area contributed by atoms with Crippen molar-refractivity contribution in [2.24, 2.45) is 5.92 Å². The van der Waals surface area contributed by atoms with Crippen LogP contribution >= 0.6 is 0 Å². The predicted octanol–water partition coefficient (Wildman–Crippen LogP) is 3.89. The number of carbonyl (C=O) groups excluding carboxylic acids is 1. The Bertz CT molecular complexity index is 456. The Labute approximate surface area is 122 Å². The summed E-state index contributed by atoms with van der Waals surface area (Å²) in [5, 5.41) is 3.06. The molecule has 20 heavy (non-hydrogen) atoms. The molecule has 0 radical (unpaired) electrons. The first-order chi connectivity index (χ1) is 9.58. The van der Waals surface area contributed by atoms with Gasteiger partial charge in [-0.1, -0.05) is 43.7 Å². The van der Waals surface area contributed by atoms with Crippen LogP contribution < -0.4 is 5.32 Å².